The summed E-state index contributed by atoms with van der Waals surface area (Å²) in [5.74, 6) is -0.677. The van der Waals surface area contributed by atoms with Crippen LogP contribution < -0.4 is 4.72 Å². The van der Waals surface area contributed by atoms with Crippen molar-refractivity contribution in [2.75, 3.05) is 4.72 Å². The molecular formula is C14H15FN2O3S. The first kappa shape index (κ1) is 15.4. The number of aromatic nitrogens is 1. The van der Waals surface area contributed by atoms with Gasteiger partial charge >= 0.3 is 0 Å². The third-order valence-corrected chi connectivity index (χ3v) is 4.50. The Morgan fingerprint density at radius 1 is 1.29 bits per heavy atom. The van der Waals surface area contributed by atoms with Gasteiger partial charge in [0.25, 0.3) is 10.0 Å². The fourth-order valence-corrected chi connectivity index (χ4v) is 3.16. The van der Waals surface area contributed by atoms with Crippen molar-refractivity contribution >= 4 is 15.7 Å². The average Bonchev–Trinajstić information content (AvgIpc) is 2.43. The molecule has 0 atom stereocenters. The Morgan fingerprint density at radius 3 is 2.57 bits per heavy atom. The van der Waals surface area contributed by atoms with Crippen molar-refractivity contribution in [3.63, 3.8) is 0 Å². The lowest BCUT2D eigenvalue weighted by Crippen LogP contribution is -2.15. The minimum atomic E-state index is -3.95. The van der Waals surface area contributed by atoms with Crippen molar-refractivity contribution in [3.05, 3.63) is 53.1 Å². The summed E-state index contributed by atoms with van der Waals surface area (Å²) in [7, 11) is -3.95. The molecule has 0 fully saturated rings. The molecule has 0 saturated heterocycles. The highest BCUT2D eigenvalue weighted by Crippen LogP contribution is 2.23. The van der Waals surface area contributed by atoms with E-state index in [1.54, 1.807) is 19.1 Å². The lowest BCUT2D eigenvalue weighted by Gasteiger charge is -2.12. The number of benzene rings is 1. The summed E-state index contributed by atoms with van der Waals surface area (Å²) in [4.78, 5) is 3.79. The van der Waals surface area contributed by atoms with Gasteiger partial charge in [-0.05, 0) is 43.7 Å². The van der Waals surface area contributed by atoms with Crippen molar-refractivity contribution in [3.8, 4) is 0 Å². The van der Waals surface area contributed by atoms with Gasteiger partial charge in [-0.3, -0.25) is 9.71 Å². The Morgan fingerprint density at radius 2 is 2.00 bits per heavy atom. The van der Waals surface area contributed by atoms with E-state index in [4.69, 9.17) is 5.11 Å². The molecular weight excluding hydrogens is 295 g/mol. The topological polar surface area (TPSA) is 79.3 Å². The lowest BCUT2D eigenvalue weighted by molar-refractivity contribution is 0.281. The number of rotatable bonds is 4. The largest absolute Gasteiger partial charge is 0.392 e. The predicted molar refractivity (Wildman–Crippen MR) is 76.8 cm³/mol. The van der Waals surface area contributed by atoms with Crippen molar-refractivity contribution in [2.24, 2.45) is 0 Å². The first-order chi connectivity index (χ1) is 9.83. The van der Waals surface area contributed by atoms with Gasteiger partial charge in [-0.15, -0.1) is 0 Å². The highest BCUT2D eigenvalue weighted by Gasteiger charge is 2.20. The summed E-state index contributed by atoms with van der Waals surface area (Å²) in [6.45, 7) is 2.72. The normalized spacial score (nSPS) is 11.4. The van der Waals surface area contributed by atoms with Crippen LogP contribution in [0.2, 0.25) is 0 Å². The van der Waals surface area contributed by atoms with Crippen molar-refractivity contribution in [1.82, 2.24) is 4.98 Å². The second kappa shape index (κ2) is 5.79. The number of hydrogen-bond acceptors (Lipinski definition) is 4. The van der Waals surface area contributed by atoms with Gasteiger partial charge in [0.15, 0.2) is 0 Å². The fourth-order valence-electron chi connectivity index (χ4n) is 1.82. The first-order valence-corrected chi connectivity index (χ1v) is 7.67. The van der Waals surface area contributed by atoms with Gasteiger partial charge in [-0.2, -0.15) is 0 Å². The monoisotopic (exact) mass is 310 g/mol. The van der Waals surface area contributed by atoms with Crippen LogP contribution in [-0.4, -0.2) is 18.5 Å². The molecule has 1 aromatic carbocycles. The number of hydrogen-bond donors (Lipinski definition) is 2. The maximum absolute atomic E-state index is 13.7. The number of nitrogens with zero attached hydrogens (tertiary/aromatic N) is 1. The number of nitrogens with one attached hydrogen (secondary N) is 1. The molecule has 0 aliphatic rings. The third kappa shape index (κ3) is 3.37. The zero-order valence-electron chi connectivity index (χ0n) is 11.6. The summed E-state index contributed by atoms with van der Waals surface area (Å²) >= 11 is 0. The second-order valence-electron chi connectivity index (χ2n) is 4.65. The number of halogens is 1. The van der Waals surface area contributed by atoms with Gasteiger partial charge in [0, 0.05) is 11.3 Å². The molecule has 0 radical (unpaired) electrons. The molecule has 0 bridgehead atoms. The zero-order chi connectivity index (χ0) is 15.6. The minimum Gasteiger partial charge on any atom is -0.392 e. The van der Waals surface area contributed by atoms with Gasteiger partial charge in [0.1, 0.15) is 5.82 Å². The van der Waals surface area contributed by atoms with Crippen LogP contribution in [0.1, 0.15) is 16.8 Å². The molecule has 0 spiro atoms. The lowest BCUT2D eigenvalue weighted by atomic mass is 10.1. The Labute approximate surface area is 122 Å². The van der Waals surface area contributed by atoms with E-state index in [1.165, 1.54) is 19.2 Å². The SMILES string of the molecule is Cc1ccc(NS(=O)(=O)c2cc(CO)cc(F)c2C)cn1. The molecule has 0 saturated carbocycles. The Kier molecular flexibility index (Phi) is 4.24. The average molecular weight is 310 g/mol. The van der Waals surface area contributed by atoms with E-state index < -0.39 is 22.4 Å². The standard InChI is InChI=1S/C14H15FN2O3S/c1-9-3-4-12(7-16-9)17-21(19,20)14-6-11(8-18)5-13(15)10(14)2/h3-7,17-18H,8H2,1-2H3. The van der Waals surface area contributed by atoms with E-state index in [1.807, 2.05) is 0 Å². The van der Waals surface area contributed by atoms with Crippen molar-refractivity contribution < 1.29 is 17.9 Å². The van der Waals surface area contributed by atoms with Gasteiger partial charge < -0.3 is 5.11 Å². The molecule has 0 unspecified atom stereocenters. The maximum atomic E-state index is 13.7. The summed E-state index contributed by atoms with van der Waals surface area (Å²) in [5, 5.41) is 9.07. The van der Waals surface area contributed by atoms with E-state index >= 15 is 0 Å². The number of sulfonamides is 1. The molecule has 2 aromatic rings. The minimum absolute atomic E-state index is 0.000212. The van der Waals surface area contributed by atoms with Crippen molar-refractivity contribution in [2.45, 2.75) is 25.3 Å². The van der Waals surface area contributed by atoms with Gasteiger partial charge in [-0.1, -0.05) is 0 Å². The molecule has 1 aromatic heterocycles. The Bertz CT molecular complexity index is 759. The summed E-state index contributed by atoms with van der Waals surface area (Å²) in [5.41, 5.74) is 1.23. The molecule has 21 heavy (non-hydrogen) atoms. The maximum Gasteiger partial charge on any atom is 0.262 e. The van der Waals surface area contributed by atoms with E-state index in [2.05, 4.69) is 9.71 Å². The molecule has 1 heterocycles. The summed E-state index contributed by atoms with van der Waals surface area (Å²) < 4.78 is 40.8. The third-order valence-electron chi connectivity index (χ3n) is 2.99. The predicted octanol–water partition coefficient (Wildman–Crippen LogP) is 2.13. The molecule has 7 heteroatoms. The summed E-state index contributed by atoms with van der Waals surface area (Å²) in [6.07, 6.45) is 1.38. The molecule has 5 nitrogen and oxygen atoms in total. The van der Waals surface area contributed by atoms with Crippen LogP contribution in [0.5, 0.6) is 0 Å². The number of aliphatic hydroxyl groups excluding tert-OH is 1. The van der Waals surface area contributed by atoms with E-state index in [-0.39, 0.29) is 21.7 Å². The fraction of sp³-hybridized carbons (Fsp3) is 0.214. The summed E-state index contributed by atoms with van der Waals surface area (Å²) in [6, 6.07) is 5.60. The van der Waals surface area contributed by atoms with Crippen LogP contribution in [0.25, 0.3) is 0 Å². The van der Waals surface area contributed by atoms with Crippen LogP contribution in [-0.2, 0) is 16.6 Å². The van der Waals surface area contributed by atoms with Gasteiger partial charge in [-0.25, -0.2) is 12.8 Å². The number of anilines is 1. The molecule has 2 rings (SSSR count). The van der Waals surface area contributed by atoms with Crippen LogP contribution in [0.15, 0.2) is 35.4 Å². The Balaban J connectivity index is 2.44. The first-order valence-electron chi connectivity index (χ1n) is 6.19. The van der Waals surface area contributed by atoms with E-state index in [0.717, 1.165) is 11.8 Å². The molecule has 0 aliphatic heterocycles. The second-order valence-corrected chi connectivity index (χ2v) is 6.30. The van der Waals surface area contributed by atoms with Crippen molar-refractivity contribution in [1.29, 1.82) is 0 Å². The van der Waals surface area contributed by atoms with Crippen LogP contribution in [0, 0.1) is 19.7 Å². The molecule has 112 valence electrons. The van der Waals surface area contributed by atoms with E-state index in [9.17, 15) is 12.8 Å². The number of aliphatic hydroxyl groups is 1. The smallest absolute Gasteiger partial charge is 0.262 e. The van der Waals surface area contributed by atoms with Crippen LogP contribution in [0.3, 0.4) is 0 Å². The van der Waals surface area contributed by atoms with E-state index in [0.29, 0.717) is 0 Å². The number of aryl methyl sites for hydroxylation is 1. The highest BCUT2D eigenvalue weighted by atomic mass is 32.2. The zero-order valence-corrected chi connectivity index (χ0v) is 12.4. The molecule has 0 amide bonds. The highest BCUT2D eigenvalue weighted by molar-refractivity contribution is 7.92. The Hall–Kier alpha value is -1.99. The van der Waals surface area contributed by atoms with Gasteiger partial charge in [0.2, 0.25) is 0 Å². The van der Waals surface area contributed by atoms with Crippen LogP contribution in [0.4, 0.5) is 10.1 Å². The van der Waals surface area contributed by atoms with Crippen LogP contribution >= 0.6 is 0 Å². The van der Waals surface area contributed by atoms with Gasteiger partial charge in [0.05, 0.1) is 23.4 Å². The molecule has 2 N–H and O–H groups in total. The number of pyridine rings is 1. The molecule has 0 aliphatic carbocycles. The quantitative estimate of drug-likeness (QED) is 0.906.